The van der Waals surface area contributed by atoms with Crippen molar-refractivity contribution < 1.29 is 4.79 Å². The van der Waals surface area contributed by atoms with Crippen molar-refractivity contribution in [3.8, 4) is 0 Å². The Morgan fingerprint density at radius 3 is 2.88 bits per heavy atom. The molecule has 3 heterocycles. The van der Waals surface area contributed by atoms with Crippen LogP contribution in [0.1, 0.15) is 34.7 Å². The number of carbonyl (C=O) groups is 1. The molecule has 0 unspecified atom stereocenters. The topological polar surface area (TPSA) is 78.0 Å². The van der Waals surface area contributed by atoms with Gasteiger partial charge < -0.3 is 9.80 Å². The fraction of sp³-hybridized carbons (Fsp3) is 0.368. The van der Waals surface area contributed by atoms with E-state index in [0.717, 1.165) is 37.3 Å². The maximum atomic E-state index is 13.0. The van der Waals surface area contributed by atoms with Crippen molar-refractivity contribution in [3.05, 3.63) is 47.7 Å². The van der Waals surface area contributed by atoms with Crippen molar-refractivity contribution in [1.82, 2.24) is 25.3 Å². The van der Waals surface area contributed by atoms with Gasteiger partial charge in [0.25, 0.3) is 5.91 Å². The third kappa shape index (κ3) is 3.12. The zero-order chi connectivity index (χ0) is 18.1. The number of aromatic amines is 1. The number of nitrogens with zero attached hydrogens (tertiary/aromatic N) is 5. The fourth-order valence-electron chi connectivity index (χ4n) is 3.52. The van der Waals surface area contributed by atoms with E-state index in [2.05, 4.69) is 32.5 Å². The highest BCUT2D eigenvalue weighted by atomic mass is 16.2. The standard InChI is InChI=1S/C19H22N6O/c1-24(2)18-11-13(7-8-20-18)15-4-3-9-25(12-15)19(26)14-5-6-16-17(10-14)22-23-21-16/h5-8,10-11,15H,3-4,9,12H2,1-2H3,(H,21,22,23)/t15-/m0/s1. The number of amides is 1. The molecule has 3 aromatic rings. The van der Waals surface area contributed by atoms with E-state index >= 15 is 0 Å². The van der Waals surface area contributed by atoms with E-state index in [9.17, 15) is 4.79 Å². The Kier molecular flexibility index (Phi) is 4.28. The molecule has 1 aliphatic rings. The molecule has 1 amide bonds. The third-order valence-electron chi connectivity index (χ3n) is 4.97. The molecule has 2 aromatic heterocycles. The van der Waals surface area contributed by atoms with Crippen molar-refractivity contribution in [2.24, 2.45) is 0 Å². The van der Waals surface area contributed by atoms with Gasteiger partial charge in [-0.05, 0) is 48.7 Å². The molecule has 134 valence electrons. The molecule has 0 aliphatic carbocycles. The van der Waals surface area contributed by atoms with Crippen LogP contribution in [0.4, 0.5) is 5.82 Å². The van der Waals surface area contributed by atoms with E-state index in [0.29, 0.717) is 17.0 Å². The van der Waals surface area contributed by atoms with Gasteiger partial charge in [0.15, 0.2) is 0 Å². The first-order chi connectivity index (χ1) is 12.6. The predicted octanol–water partition coefficient (Wildman–Crippen LogP) is 2.44. The van der Waals surface area contributed by atoms with Gasteiger partial charge in [-0.2, -0.15) is 15.4 Å². The average molecular weight is 350 g/mol. The number of piperidine rings is 1. The number of nitrogens with one attached hydrogen (secondary N) is 1. The molecule has 4 rings (SSSR count). The van der Waals surface area contributed by atoms with Crippen molar-refractivity contribution >= 4 is 22.8 Å². The summed E-state index contributed by atoms with van der Waals surface area (Å²) in [6.07, 6.45) is 3.94. The van der Waals surface area contributed by atoms with Crippen LogP contribution in [0.5, 0.6) is 0 Å². The molecule has 1 fully saturated rings. The molecule has 1 N–H and O–H groups in total. The van der Waals surface area contributed by atoms with Gasteiger partial charge in [0, 0.05) is 44.9 Å². The van der Waals surface area contributed by atoms with Crippen LogP contribution in [0.25, 0.3) is 11.0 Å². The summed E-state index contributed by atoms with van der Waals surface area (Å²) in [6, 6.07) is 9.65. The lowest BCUT2D eigenvalue weighted by atomic mass is 9.90. The molecule has 7 heteroatoms. The lowest BCUT2D eigenvalue weighted by molar-refractivity contribution is 0.0707. The molecule has 0 saturated carbocycles. The summed E-state index contributed by atoms with van der Waals surface area (Å²) in [7, 11) is 3.98. The van der Waals surface area contributed by atoms with E-state index in [-0.39, 0.29) is 5.91 Å². The molecular formula is C19H22N6O. The molecule has 0 spiro atoms. The lowest BCUT2D eigenvalue weighted by Crippen LogP contribution is -2.39. The zero-order valence-corrected chi connectivity index (χ0v) is 15.0. The van der Waals surface area contributed by atoms with Crippen LogP contribution >= 0.6 is 0 Å². The average Bonchev–Trinajstić information content (AvgIpc) is 3.15. The Balaban J connectivity index is 1.54. The number of likely N-dealkylation sites (tertiary alicyclic amines) is 1. The summed E-state index contributed by atoms with van der Waals surface area (Å²) < 4.78 is 0. The Morgan fingerprint density at radius 2 is 2.04 bits per heavy atom. The number of hydrogen-bond acceptors (Lipinski definition) is 5. The maximum Gasteiger partial charge on any atom is 0.253 e. The van der Waals surface area contributed by atoms with Crippen LogP contribution in [0.2, 0.25) is 0 Å². The minimum atomic E-state index is 0.0569. The number of H-pyrrole nitrogens is 1. The van der Waals surface area contributed by atoms with Gasteiger partial charge in [-0.3, -0.25) is 4.79 Å². The first kappa shape index (κ1) is 16.5. The fourth-order valence-corrected chi connectivity index (χ4v) is 3.52. The van der Waals surface area contributed by atoms with Gasteiger partial charge in [0.2, 0.25) is 0 Å². The number of pyridine rings is 1. The van der Waals surface area contributed by atoms with Gasteiger partial charge in [-0.1, -0.05) is 0 Å². The van der Waals surface area contributed by atoms with E-state index in [1.165, 1.54) is 5.56 Å². The summed E-state index contributed by atoms with van der Waals surface area (Å²) in [6.45, 7) is 1.52. The smallest absolute Gasteiger partial charge is 0.253 e. The molecular weight excluding hydrogens is 328 g/mol. The third-order valence-corrected chi connectivity index (χ3v) is 4.97. The minimum Gasteiger partial charge on any atom is -0.363 e. The quantitative estimate of drug-likeness (QED) is 0.785. The Morgan fingerprint density at radius 1 is 1.19 bits per heavy atom. The molecule has 1 saturated heterocycles. The largest absolute Gasteiger partial charge is 0.363 e. The van der Waals surface area contributed by atoms with E-state index in [1.54, 1.807) is 6.07 Å². The minimum absolute atomic E-state index is 0.0569. The van der Waals surface area contributed by atoms with Crippen LogP contribution in [-0.4, -0.2) is 58.4 Å². The number of hydrogen-bond donors (Lipinski definition) is 1. The first-order valence-electron chi connectivity index (χ1n) is 8.85. The first-order valence-corrected chi connectivity index (χ1v) is 8.85. The number of rotatable bonds is 3. The highest BCUT2D eigenvalue weighted by Crippen LogP contribution is 2.29. The van der Waals surface area contributed by atoms with Crippen molar-refractivity contribution in [1.29, 1.82) is 0 Å². The molecule has 1 aromatic carbocycles. The zero-order valence-electron chi connectivity index (χ0n) is 15.0. The lowest BCUT2D eigenvalue weighted by Gasteiger charge is -2.33. The van der Waals surface area contributed by atoms with Crippen molar-refractivity contribution in [3.63, 3.8) is 0 Å². The van der Waals surface area contributed by atoms with Crippen molar-refractivity contribution in [2.45, 2.75) is 18.8 Å². The summed E-state index contributed by atoms with van der Waals surface area (Å²) in [5, 5.41) is 10.7. The number of fused-ring (bicyclic) bond motifs is 1. The number of carbonyl (C=O) groups excluding carboxylic acids is 1. The van der Waals surface area contributed by atoms with E-state index in [4.69, 9.17) is 0 Å². The summed E-state index contributed by atoms with van der Waals surface area (Å²) in [4.78, 5) is 21.3. The molecule has 1 atom stereocenters. The monoisotopic (exact) mass is 350 g/mol. The molecule has 0 bridgehead atoms. The van der Waals surface area contributed by atoms with Crippen molar-refractivity contribution in [2.75, 3.05) is 32.1 Å². The predicted molar refractivity (Wildman–Crippen MR) is 100 cm³/mol. The SMILES string of the molecule is CN(C)c1cc([C@H]2CCCN(C(=O)c3ccc4n[nH]nc4c3)C2)ccn1. The Hall–Kier alpha value is -2.96. The maximum absolute atomic E-state index is 13.0. The summed E-state index contributed by atoms with van der Waals surface area (Å²) >= 11 is 0. The van der Waals surface area contributed by atoms with E-state index in [1.807, 2.05) is 42.2 Å². The summed E-state index contributed by atoms with van der Waals surface area (Å²) in [5.74, 6) is 1.34. The molecule has 7 nitrogen and oxygen atoms in total. The number of benzene rings is 1. The van der Waals surface area contributed by atoms with Gasteiger partial charge in [0.1, 0.15) is 16.9 Å². The highest BCUT2D eigenvalue weighted by molar-refractivity contribution is 5.97. The highest BCUT2D eigenvalue weighted by Gasteiger charge is 2.26. The Labute approximate surface area is 152 Å². The van der Waals surface area contributed by atoms with Gasteiger partial charge >= 0.3 is 0 Å². The van der Waals surface area contributed by atoms with Gasteiger partial charge in [-0.25, -0.2) is 4.98 Å². The van der Waals surface area contributed by atoms with Crippen LogP contribution in [0, 0.1) is 0 Å². The second-order valence-corrected chi connectivity index (χ2v) is 6.96. The number of aromatic nitrogens is 4. The van der Waals surface area contributed by atoms with Crippen LogP contribution in [-0.2, 0) is 0 Å². The van der Waals surface area contributed by atoms with Crippen LogP contribution in [0.3, 0.4) is 0 Å². The molecule has 0 radical (unpaired) electrons. The second kappa shape index (κ2) is 6.74. The van der Waals surface area contributed by atoms with Gasteiger partial charge in [0.05, 0.1) is 0 Å². The molecule has 1 aliphatic heterocycles. The number of anilines is 1. The second-order valence-electron chi connectivity index (χ2n) is 6.96. The van der Waals surface area contributed by atoms with Crippen LogP contribution in [0.15, 0.2) is 36.5 Å². The normalized spacial score (nSPS) is 17.5. The van der Waals surface area contributed by atoms with Gasteiger partial charge in [-0.15, -0.1) is 0 Å². The van der Waals surface area contributed by atoms with E-state index < -0.39 is 0 Å². The Bertz CT molecular complexity index is 934. The van der Waals surface area contributed by atoms with Crippen LogP contribution < -0.4 is 4.90 Å². The summed E-state index contributed by atoms with van der Waals surface area (Å²) in [5.41, 5.74) is 3.39. The molecule has 26 heavy (non-hydrogen) atoms.